The molecule has 0 saturated heterocycles. The van der Waals surface area contributed by atoms with E-state index in [9.17, 15) is 4.79 Å². The number of fused-ring (bicyclic) bond motifs is 1. The molecule has 0 fully saturated rings. The van der Waals surface area contributed by atoms with Crippen molar-refractivity contribution < 1.29 is 9.21 Å². The van der Waals surface area contributed by atoms with Gasteiger partial charge in [-0.2, -0.15) is 0 Å². The van der Waals surface area contributed by atoms with Gasteiger partial charge in [-0.15, -0.1) is 0 Å². The number of hydrogen-bond donors (Lipinski definition) is 2. The molecule has 0 aliphatic heterocycles. The van der Waals surface area contributed by atoms with Gasteiger partial charge in [0.05, 0.1) is 11.0 Å². The van der Waals surface area contributed by atoms with Gasteiger partial charge in [-0.3, -0.25) is 10.1 Å². The van der Waals surface area contributed by atoms with E-state index in [4.69, 9.17) is 4.42 Å². The molecule has 0 aliphatic carbocycles. The van der Waals surface area contributed by atoms with E-state index in [-0.39, 0.29) is 11.7 Å². The van der Waals surface area contributed by atoms with Crippen LogP contribution in [0.15, 0.2) is 71.1 Å². The second kappa shape index (κ2) is 5.46. The van der Waals surface area contributed by atoms with Crippen LogP contribution in [0.4, 0.5) is 5.95 Å². The largest absolute Gasteiger partial charge is 0.451 e. The van der Waals surface area contributed by atoms with Crippen LogP contribution in [0.3, 0.4) is 0 Å². The Morgan fingerprint density at radius 1 is 0.957 bits per heavy atom. The summed E-state index contributed by atoms with van der Waals surface area (Å²) >= 11 is 0. The van der Waals surface area contributed by atoms with Crippen LogP contribution in [-0.2, 0) is 0 Å². The molecule has 0 bridgehead atoms. The first-order valence-corrected chi connectivity index (χ1v) is 7.21. The zero-order valence-corrected chi connectivity index (χ0v) is 12.1. The molecule has 1 amide bonds. The van der Waals surface area contributed by atoms with Crippen molar-refractivity contribution >= 4 is 22.9 Å². The highest BCUT2D eigenvalue weighted by molar-refractivity contribution is 6.02. The van der Waals surface area contributed by atoms with Crippen LogP contribution >= 0.6 is 0 Å². The molecule has 2 aromatic heterocycles. The standard InChI is InChI=1S/C18H13N3O2/c22-17(21-18-19-13-8-4-5-9-14(13)20-18)16-11-10-15(23-16)12-6-2-1-3-7-12/h1-11H,(H2,19,20,21,22). The minimum atomic E-state index is -0.341. The lowest BCUT2D eigenvalue weighted by Crippen LogP contribution is -2.11. The first-order valence-electron chi connectivity index (χ1n) is 7.21. The summed E-state index contributed by atoms with van der Waals surface area (Å²) in [7, 11) is 0. The van der Waals surface area contributed by atoms with Gasteiger partial charge in [-0.05, 0) is 24.3 Å². The number of nitrogens with one attached hydrogen (secondary N) is 2. The lowest BCUT2D eigenvalue weighted by molar-refractivity contribution is 0.0996. The summed E-state index contributed by atoms with van der Waals surface area (Å²) in [5.74, 6) is 0.949. The van der Waals surface area contributed by atoms with Crippen molar-refractivity contribution in [1.29, 1.82) is 0 Å². The Labute approximate surface area is 132 Å². The summed E-state index contributed by atoms with van der Waals surface area (Å²) < 4.78 is 5.62. The van der Waals surface area contributed by atoms with E-state index >= 15 is 0 Å². The van der Waals surface area contributed by atoms with E-state index in [1.807, 2.05) is 54.6 Å². The third-order valence-corrected chi connectivity index (χ3v) is 3.51. The zero-order chi connectivity index (χ0) is 15.6. The number of anilines is 1. The number of hydrogen-bond acceptors (Lipinski definition) is 3. The van der Waals surface area contributed by atoms with E-state index in [0.29, 0.717) is 11.7 Å². The Morgan fingerprint density at radius 2 is 1.74 bits per heavy atom. The maximum Gasteiger partial charge on any atom is 0.293 e. The van der Waals surface area contributed by atoms with Crippen LogP contribution in [0.1, 0.15) is 10.6 Å². The second-order valence-corrected chi connectivity index (χ2v) is 5.09. The van der Waals surface area contributed by atoms with Crippen molar-refractivity contribution in [1.82, 2.24) is 9.97 Å². The number of carbonyl (C=O) groups excluding carboxylic acids is 1. The molecular weight excluding hydrogens is 290 g/mol. The Kier molecular flexibility index (Phi) is 3.16. The highest BCUT2D eigenvalue weighted by atomic mass is 16.3. The fourth-order valence-corrected chi connectivity index (χ4v) is 2.40. The molecule has 5 heteroatoms. The summed E-state index contributed by atoms with van der Waals surface area (Å²) in [5.41, 5.74) is 2.59. The first kappa shape index (κ1) is 13.3. The number of benzene rings is 2. The Bertz CT molecular complexity index is 937. The fourth-order valence-electron chi connectivity index (χ4n) is 2.40. The Morgan fingerprint density at radius 3 is 2.57 bits per heavy atom. The van der Waals surface area contributed by atoms with E-state index < -0.39 is 0 Å². The highest BCUT2D eigenvalue weighted by Crippen LogP contribution is 2.22. The van der Waals surface area contributed by atoms with Gasteiger partial charge in [0.15, 0.2) is 5.76 Å². The van der Waals surface area contributed by atoms with Crippen LogP contribution in [0.5, 0.6) is 0 Å². The number of carbonyl (C=O) groups is 1. The van der Waals surface area contributed by atoms with Crippen LogP contribution in [0, 0.1) is 0 Å². The lowest BCUT2D eigenvalue weighted by atomic mass is 10.2. The highest BCUT2D eigenvalue weighted by Gasteiger charge is 2.14. The maximum absolute atomic E-state index is 12.3. The van der Waals surface area contributed by atoms with Crippen molar-refractivity contribution in [3.8, 4) is 11.3 Å². The lowest BCUT2D eigenvalue weighted by Gasteiger charge is -1.99. The average Bonchev–Trinajstić information content (AvgIpc) is 3.22. The monoisotopic (exact) mass is 303 g/mol. The third kappa shape index (κ3) is 2.60. The molecule has 0 spiro atoms. The molecule has 2 aromatic carbocycles. The molecule has 0 radical (unpaired) electrons. The zero-order valence-electron chi connectivity index (χ0n) is 12.1. The normalized spacial score (nSPS) is 10.8. The van der Waals surface area contributed by atoms with Gasteiger partial charge in [-0.25, -0.2) is 4.98 Å². The number of H-pyrrole nitrogens is 1. The van der Waals surface area contributed by atoms with Crippen LogP contribution in [0.25, 0.3) is 22.4 Å². The predicted molar refractivity (Wildman–Crippen MR) is 88.2 cm³/mol. The number of aromatic amines is 1. The van der Waals surface area contributed by atoms with E-state index in [2.05, 4.69) is 15.3 Å². The Hall–Kier alpha value is -3.34. The molecule has 2 heterocycles. The van der Waals surface area contributed by atoms with Crippen molar-refractivity contribution in [3.63, 3.8) is 0 Å². The molecule has 5 nitrogen and oxygen atoms in total. The number of furan rings is 1. The van der Waals surface area contributed by atoms with Gasteiger partial charge in [0.25, 0.3) is 5.91 Å². The Balaban J connectivity index is 1.56. The third-order valence-electron chi connectivity index (χ3n) is 3.51. The summed E-state index contributed by atoms with van der Waals surface area (Å²) in [6.07, 6.45) is 0. The quantitative estimate of drug-likeness (QED) is 0.599. The summed E-state index contributed by atoms with van der Waals surface area (Å²) in [4.78, 5) is 19.6. The number of rotatable bonds is 3. The molecule has 4 rings (SSSR count). The minimum absolute atomic E-state index is 0.240. The SMILES string of the molecule is O=C(Nc1nc2ccccc2[nH]1)c1ccc(-c2ccccc2)o1. The van der Waals surface area contributed by atoms with E-state index in [0.717, 1.165) is 16.6 Å². The molecule has 0 atom stereocenters. The maximum atomic E-state index is 12.3. The molecule has 23 heavy (non-hydrogen) atoms. The van der Waals surface area contributed by atoms with E-state index in [1.54, 1.807) is 12.1 Å². The fraction of sp³-hybridized carbons (Fsp3) is 0. The first-order chi connectivity index (χ1) is 11.3. The van der Waals surface area contributed by atoms with Crippen LogP contribution in [-0.4, -0.2) is 15.9 Å². The summed E-state index contributed by atoms with van der Waals surface area (Å²) in [5, 5.41) is 2.71. The molecule has 0 saturated carbocycles. The van der Waals surface area contributed by atoms with Gasteiger partial charge >= 0.3 is 0 Å². The van der Waals surface area contributed by atoms with Gasteiger partial charge < -0.3 is 9.40 Å². The number of amides is 1. The topological polar surface area (TPSA) is 70.9 Å². The average molecular weight is 303 g/mol. The van der Waals surface area contributed by atoms with Crippen molar-refractivity contribution in [2.45, 2.75) is 0 Å². The summed E-state index contributed by atoms with van der Waals surface area (Å²) in [6.45, 7) is 0. The number of aromatic nitrogens is 2. The van der Waals surface area contributed by atoms with Gasteiger partial charge in [0.2, 0.25) is 5.95 Å². The number of nitrogens with zero attached hydrogens (tertiary/aromatic N) is 1. The molecule has 0 unspecified atom stereocenters. The summed E-state index contributed by atoms with van der Waals surface area (Å²) in [6, 6.07) is 20.7. The second-order valence-electron chi connectivity index (χ2n) is 5.09. The molecule has 0 aliphatic rings. The minimum Gasteiger partial charge on any atom is -0.451 e. The van der Waals surface area contributed by atoms with Gasteiger partial charge in [-0.1, -0.05) is 42.5 Å². The van der Waals surface area contributed by atoms with Gasteiger partial charge in [0, 0.05) is 5.56 Å². The van der Waals surface area contributed by atoms with Crippen molar-refractivity contribution in [2.24, 2.45) is 0 Å². The molecule has 112 valence electrons. The van der Waals surface area contributed by atoms with Crippen molar-refractivity contribution in [3.05, 3.63) is 72.5 Å². The smallest absolute Gasteiger partial charge is 0.293 e. The van der Waals surface area contributed by atoms with E-state index in [1.165, 1.54) is 0 Å². The van der Waals surface area contributed by atoms with Crippen LogP contribution in [0.2, 0.25) is 0 Å². The predicted octanol–water partition coefficient (Wildman–Crippen LogP) is 4.08. The molecule has 2 N–H and O–H groups in total. The van der Waals surface area contributed by atoms with Crippen LogP contribution < -0.4 is 5.32 Å². The van der Waals surface area contributed by atoms with Gasteiger partial charge in [0.1, 0.15) is 5.76 Å². The number of para-hydroxylation sites is 2. The number of imidazole rings is 1. The molecule has 4 aromatic rings. The molecular formula is C18H13N3O2. The van der Waals surface area contributed by atoms with Crippen molar-refractivity contribution in [2.75, 3.05) is 5.32 Å².